The third-order valence-electron chi connectivity index (χ3n) is 2.85. The van der Waals surface area contributed by atoms with E-state index in [1.165, 1.54) is 5.69 Å². The number of hydrogen-bond acceptors (Lipinski definition) is 2. The number of aliphatic hydroxyl groups is 1. The zero-order chi connectivity index (χ0) is 10.6. The average molecular weight is 196 g/mol. The maximum absolute atomic E-state index is 9.60. The summed E-state index contributed by atoms with van der Waals surface area (Å²) in [6.45, 7) is 4.12. The Kier molecular flexibility index (Phi) is 4.14. The molecule has 0 saturated heterocycles. The van der Waals surface area contributed by atoms with Gasteiger partial charge in [-0.3, -0.25) is 4.68 Å². The molecular weight excluding hydrogens is 176 g/mol. The van der Waals surface area contributed by atoms with E-state index in [4.69, 9.17) is 0 Å². The lowest BCUT2D eigenvalue weighted by atomic mass is 9.96. The molecule has 14 heavy (non-hydrogen) atoms. The summed E-state index contributed by atoms with van der Waals surface area (Å²) in [6.07, 6.45) is 4.51. The molecule has 1 aromatic rings. The molecule has 1 aromatic heterocycles. The van der Waals surface area contributed by atoms with Crippen molar-refractivity contribution in [3.05, 3.63) is 18.0 Å². The Morgan fingerprint density at radius 1 is 1.57 bits per heavy atom. The number of hydrogen-bond donors (Lipinski definition) is 1. The minimum Gasteiger partial charge on any atom is -0.393 e. The summed E-state index contributed by atoms with van der Waals surface area (Å²) in [4.78, 5) is 0. The van der Waals surface area contributed by atoms with E-state index in [2.05, 4.69) is 12.0 Å². The van der Waals surface area contributed by atoms with Crippen LogP contribution >= 0.6 is 0 Å². The summed E-state index contributed by atoms with van der Waals surface area (Å²) < 4.78 is 1.89. The quantitative estimate of drug-likeness (QED) is 0.779. The van der Waals surface area contributed by atoms with Crippen LogP contribution in [0.2, 0.25) is 0 Å². The van der Waals surface area contributed by atoms with Crippen LogP contribution in [0.3, 0.4) is 0 Å². The van der Waals surface area contributed by atoms with Gasteiger partial charge in [0.1, 0.15) is 0 Å². The van der Waals surface area contributed by atoms with E-state index in [0.29, 0.717) is 5.92 Å². The van der Waals surface area contributed by atoms with Crippen LogP contribution in [0.25, 0.3) is 0 Å². The zero-order valence-corrected chi connectivity index (χ0v) is 9.27. The molecular formula is C11H20N2O. The Bertz CT molecular complexity index is 270. The minimum atomic E-state index is -0.164. The molecule has 3 nitrogen and oxygen atoms in total. The smallest absolute Gasteiger partial charge is 0.0563 e. The molecule has 0 aromatic carbocycles. The summed E-state index contributed by atoms with van der Waals surface area (Å²) in [6, 6.07) is 2.03. The monoisotopic (exact) mass is 196 g/mol. The van der Waals surface area contributed by atoms with Crippen molar-refractivity contribution in [3.8, 4) is 0 Å². The molecule has 0 amide bonds. The van der Waals surface area contributed by atoms with Crippen molar-refractivity contribution in [2.75, 3.05) is 0 Å². The molecule has 2 unspecified atom stereocenters. The van der Waals surface area contributed by atoms with Crippen LogP contribution in [0.1, 0.15) is 32.4 Å². The lowest BCUT2D eigenvalue weighted by Gasteiger charge is -2.16. The number of aromatic nitrogens is 2. The third kappa shape index (κ3) is 2.84. The lowest BCUT2D eigenvalue weighted by molar-refractivity contribution is 0.108. The van der Waals surface area contributed by atoms with Gasteiger partial charge in [0, 0.05) is 18.9 Å². The zero-order valence-electron chi connectivity index (χ0n) is 9.27. The lowest BCUT2D eigenvalue weighted by Crippen LogP contribution is -2.17. The molecule has 0 aliphatic heterocycles. The first-order chi connectivity index (χ1) is 6.65. The van der Waals surface area contributed by atoms with Gasteiger partial charge >= 0.3 is 0 Å². The van der Waals surface area contributed by atoms with Crippen molar-refractivity contribution in [1.82, 2.24) is 9.78 Å². The number of nitrogens with zero attached hydrogens (tertiary/aromatic N) is 2. The van der Waals surface area contributed by atoms with Gasteiger partial charge < -0.3 is 5.11 Å². The molecule has 0 bridgehead atoms. The highest BCUT2D eigenvalue weighted by atomic mass is 16.3. The molecule has 0 aliphatic rings. The van der Waals surface area contributed by atoms with Crippen molar-refractivity contribution in [1.29, 1.82) is 0 Å². The molecule has 0 fully saturated rings. The molecule has 0 spiro atoms. The number of rotatable bonds is 5. The molecule has 1 N–H and O–H groups in total. The van der Waals surface area contributed by atoms with E-state index in [-0.39, 0.29) is 6.10 Å². The van der Waals surface area contributed by atoms with Gasteiger partial charge in [0.05, 0.1) is 6.10 Å². The van der Waals surface area contributed by atoms with Crippen molar-refractivity contribution < 1.29 is 5.11 Å². The van der Waals surface area contributed by atoms with Crippen molar-refractivity contribution in [2.24, 2.45) is 13.0 Å². The standard InChI is InChI=1S/C11H20N2O/c1-4-11(14)9(2)5-6-10-7-8-12-13(10)3/h7-9,11,14H,4-6H2,1-3H3. The van der Waals surface area contributed by atoms with Crippen molar-refractivity contribution in [3.63, 3.8) is 0 Å². The first-order valence-electron chi connectivity index (χ1n) is 5.30. The van der Waals surface area contributed by atoms with E-state index in [1.54, 1.807) is 0 Å². The molecule has 0 saturated carbocycles. The van der Waals surface area contributed by atoms with Gasteiger partial charge in [-0.15, -0.1) is 0 Å². The highest BCUT2D eigenvalue weighted by Crippen LogP contribution is 2.14. The summed E-state index contributed by atoms with van der Waals surface area (Å²) in [5.41, 5.74) is 1.24. The van der Waals surface area contributed by atoms with Gasteiger partial charge in [-0.25, -0.2) is 0 Å². The second kappa shape index (κ2) is 5.15. The van der Waals surface area contributed by atoms with E-state index in [9.17, 15) is 5.11 Å². The van der Waals surface area contributed by atoms with Gasteiger partial charge in [0.15, 0.2) is 0 Å². The second-order valence-corrected chi connectivity index (χ2v) is 3.94. The van der Waals surface area contributed by atoms with Crippen LogP contribution in [-0.2, 0) is 13.5 Å². The number of aliphatic hydroxyl groups excluding tert-OH is 1. The van der Waals surface area contributed by atoms with Crippen molar-refractivity contribution in [2.45, 2.75) is 39.2 Å². The molecule has 80 valence electrons. The highest BCUT2D eigenvalue weighted by Gasteiger charge is 2.12. The summed E-state index contributed by atoms with van der Waals surface area (Å²) in [5, 5.41) is 13.7. The molecule has 3 heteroatoms. The van der Waals surface area contributed by atoms with Gasteiger partial charge in [0.25, 0.3) is 0 Å². The largest absolute Gasteiger partial charge is 0.393 e. The minimum absolute atomic E-state index is 0.164. The van der Waals surface area contributed by atoms with Gasteiger partial charge in [0.2, 0.25) is 0 Å². The molecule has 1 heterocycles. The summed E-state index contributed by atoms with van der Waals surface area (Å²) in [5.74, 6) is 0.370. The fraction of sp³-hybridized carbons (Fsp3) is 0.727. The van der Waals surface area contributed by atoms with Gasteiger partial charge in [-0.05, 0) is 31.2 Å². The molecule has 0 aliphatic carbocycles. The topological polar surface area (TPSA) is 38.1 Å². The van der Waals surface area contributed by atoms with Gasteiger partial charge in [-0.1, -0.05) is 13.8 Å². The van der Waals surface area contributed by atoms with Crippen LogP contribution in [0, 0.1) is 5.92 Å². The number of aryl methyl sites for hydroxylation is 2. The van der Waals surface area contributed by atoms with E-state index in [1.807, 2.05) is 30.9 Å². The van der Waals surface area contributed by atoms with Crippen molar-refractivity contribution >= 4 is 0 Å². The fourth-order valence-corrected chi connectivity index (χ4v) is 1.62. The predicted molar refractivity (Wildman–Crippen MR) is 57.0 cm³/mol. The average Bonchev–Trinajstić information content (AvgIpc) is 2.59. The SMILES string of the molecule is CCC(O)C(C)CCc1ccnn1C. The van der Waals surface area contributed by atoms with Crippen LogP contribution in [0.5, 0.6) is 0 Å². The maximum Gasteiger partial charge on any atom is 0.0563 e. The second-order valence-electron chi connectivity index (χ2n) is 3.94. The van der Waals surface area contributed by atoms with E-state index < -0.39 is 0 Å². The van der Waals surface area contributed by atoms with Crippen LogP contribution in [0.15, 0.2) is 12.3 Å². The Labute approximate surface area is 85.8 Å². The maximum atomic E-state index is 9.60. The van der Waals surface area contributed by atoms with Gasteiger partial charge in [-0.2, -0.15) is 5.10 Å². The van der Waals surface area contributed by atoms with E-state index >= 15 is 0 Å². The Balaban J connectivity index is 2.37. The normalized spacial score (nSPS) is 15.4. The molecule has 1 rings (SSSR count). The molecule has 2 atom stereocenters. The summed E-state index contributed by atoms with van der Waals surface area (Å²) in [7, 11) is 1.95. The Hall–Kier alpha value is -0.830. The first kappa shape index (κ1) is 11.2. The molecule has 0 radical (unpaired) electrons. The van der Waals surface area contributed by atoms with Crippen LogP contribution in [-0.4, -0.2) is 21.0 Å². The van der Waals surface area contributed by atoms with Crippen LogP contribution in [0.4, 0.5) is 0 Å². The van der Waals surface area contributed by atoms with Crippen LogP contribution < -0.4 is 0 Å². The Morgan fingerprint density at radius 2 is 2.29 bits per heavy atom. The summed E-state index contributed by atoms with van der Waals surface area (Å²) >= 11 is 0. The Morgan fingerprint density at radius 3 is 2.79 bits per heavy atom. The van der Waals surface area contributed by atoms with E-state index in [0.717, 1.165) is 19.3 Å². The first-order valence-corrected chi connectivity index (χ1v) is 5.30. The predicted octanol–water partition coefficient (Wildman–Crippen LogP) is 1.76. The highest BCUT2D eigenvalue weighted by molar-refractivity contribution is 5.00. The third-order valence-corrected chi connectivity index (χ3v) is 2.85. The fourth-order valence-electron chi connectivity index (χ4n) is 1.62.